The first-order chi connectivity index (χ1) is 8.59. The van der Waals surface area contributed by atoms with Gasteiger partial charge in [0.2, 0.25) is 0 Å². The monoisotopic (exact) mass is 253 g/mol. The molecule has 1 aromatic carbocycles. The molecule has 0 radical (unpaired) electrons. The predicted octanol–water partition coefficient (Wildman–Crippen LogP) is 2.00. The number of carbonyl (C=O) groups is 1. The third-order valence-corrected chi connectivity index (χ3v) is 2.30. The van der Waals surface area contributed by atoms with Crippen LogP contribution in [0.2, 0.25) is 0 Å². The number of nitrogens with one attached hydrogen (secondary N) is 1. The number of hydrogen-bond donors (Lipinski definition) is 2. The normalized spacial score (nSPS) is 10.8. The van der Waals surface area contributed by atoms with Crippen LogP contribution in [-0.4, -0.2) is 34.2 Å². The molecule has 1 aromatic heterocycles. The number of aromatic carboxylic acids is 1. The molecule has 0 spiro atoms. The smallest absolute Gasteiger partial charge is 0.358 e. The Kier molecular flexibility index (Phi) is 3.31. The van der Waals surface area contributed by atoms with E-state index in [2.05, 4.69) is 15.5 Å². The van der Waals surface area contributed by atoms with Crippen molar-refractivity contribution in [1.29, 1.82) is 0 Å². The molecule has 18 heavy (non-hydrogen) atoms. The minimum absolute atomic E-state index is 0.0633. The average molecular weight is 253 g/mol. The van der Waals surface area contributed by atoms with Gasteiger partial charge in [-0.1, -0.05) is 18.2 Å². The summed E-state index contributed by atoms with van der Waals surface area (Å²) < 4.78 is 24.4. The molecule has 0 aliphatic carbocycles. The topological polar surface area (TPSA) is 75.1 Å². The van der Waals surface area contributed by atoms with Crippen LogP contribution in [0.3, 0.4) is 0 Å². The highest BCUT2D eigenvalue weighted by Crippen LogP contribution is 2.24. The average Bonchev–Trinajstić information content (AvgIpc) is 2.35. The van der Waals surface area contributed by atoms with Gasteiger partial charge in [0.15, 0.2) is 5.69 Å². The molecule has 1 heterocycles. The molecule has 2 aromatic rings. The molecule has 0 saturated heterocycles. The molecule has 5 nitrogen and oxygen atoms in total. The van der Waals surface area contributed by atoms with Crippen molar-refractivity contribution in [3.63, 3.8) is 0 Å². The summed E-state index contributed by atoms with van der Waals surface area (Å²) in [6, 6.07) is 6.60. The summed E-state index contributed by atoms with van der Waals surface area (Å²) in [4.78, 5) is 11.0. The molecule has 0 aliphatic rings. The zero-order chi connectivity index (χ0) is 13.1. The maximum Gasteiger partial charge on any atom is 0.358 e. The Bertz CT molecular complexity index is 590. The van der Waals surface area contributed by atoms with Crippen LogP contribution in [0.25, 0.3) is 10.9 Å². The minimum atomic E-state index is -2.58. The lowest BCUT2D eigenvalue weighted by atomic mass is 10.1. The van der Waals surface area contributed by atoms with Gasteiger partial charge >= 0.3 is 5.97 Å². The number of halogens is 2. The van der Waals surface area contributed by atoms with Gasteiger partial charge in [-0.15, -0.1) is 10.2 Å². The molecule has 2 N–H and O–H groups in total. The fourth-order valence-corrected chi connectivity index (χ4v) is 1.56. The molecule has 0 saturated carbocycles. The van der Waals surface area contributed by atoms with Crippen LogP contribution in [0.15, 0.2) is 24.3 Å². The number of alkyl halides is 2. The van der Waals surface area contributed by atoms with Crippen LogP contribution < -0.4 is 5.32 Å². The third kappa shape index (κ3) is 2.34. The van der Waals surface area contributed by atoms with Gasteiger partial charge in [0.25, 0.3) is 6.43 Å². The highest BCUT2D eigenvalue weighted by Gasteiger charge is 2.17. The quantitative estimate of drug-likeness (QED) is 0.871. The number of hydrogen-bond acceptors (Lipinski definition) is 4. The molecule has 7 heteroatoms. The second-order valence-electron chi connectivity index (χ2n) is 3.52. The van der Waals surface area contributed by atoms with E-state index in [9.17, 15) is 13.6 Å². The Morgan fingerprint density at radius 3 is 2.72 bits per heavy atom. The SMILES string of the molecule is O=C(O)c1nnc2ccccc2c1NCC(F)F. The fraction of sp³-hybridized carbons (Fsp3) is 0.182. The van der Waals surface area contributed by atoms with Crippen molar-refractivity contribution < 1.29 is 18.7 Å². The van der Waals surface area contributed by atoms with Gasteiger partial charge < -0.3 is 10.4 Å². The zero-order valence-electron chi connectivity index (χ0n) is 9.10. The number of carboxylic acids is 1. The Hall–Kier alpha value is -2.31. The van der Waals surface area contributed by atoms with E-state index in [4.69, 9.17) is 5.11 Å². The van der Waals surface area contributed by atoms with Gasteiger partial charge in [0, 0.05) is 5.39 Å². The highest BCUT2D eigenvalue weighted by molar-refractivity contribution is 6.02. The van der Waals surface area contributed by atoms with Crippen LogP contribution >= 0.6 is 0 Å². The number of benzene rings is 1. The van der Waals surface area contributed by atoms with Crippen molar-refractivity contribution in [1.82, 2.24) is 10.2 Å². The molecular formula is C11H9F2N3O2. The number of carboxylic acid groups (broad SMARTS) is 1. The molecule has 0 unspecified atom stereocenters. The van der Waals surface area contributed by atoms with Gasteiger partial charge in [0.1, 0.15) is 0 Å². The number of fused-ring (bicyclic) bond motifs is 1. The van der Waals surface area contributed by atoms with E-state index < -0.39 is 18.9 Å². The molecule has 0 atom stereocenters. The Labute approximate surface area is 100 Å². The van der Waals surface area contributed by atoms with Crippen LogP contribution in [0.4, 0.5) is 14.5 Å². The maximum absolute atomic E-state index is 12.2. The Balaban J connectivity index is 2.55. The summed E-state index contributed by atoms with van der Waals surface area (Å²) in [5, 5.41) is 19.1. The summed E-state index contributed by atoms with van der Waals surface area (Å²) in [7, 11) is 0. The van der Waals surface area contributed by atoms with Crippen molar-refractivity contribution in [3.05, 3.63) is 30.0 Å². The minimum Gasteiger partial charge on any atom is -0.476 e. The van der Waals surface area contributed by atoms with Gasteiger partial charge in [-0.3, -0.25) is 0 Å². The van der Waals surface area contributed by atoms with E-state index in [0.717, 1.165) is 0 Å². The predicted molar refractivity (Wildman–Crippen MR) is 61.0 cm³/mol. The van der Waals surface area contributed by atoms with E-state index in [-0.39, 0.29) is 11.4 Å². The number of anilines is 1. The number of nitrogens with zero attached hydrogens (tertiary/aromatic N) is 2. The highest BCUT2D eigenvalue weighted by atomic mass is 19.3. The van der Waals surface area contributed by atoms with Gasteiger partial charge in [-0.25, -0.2) is 13.6 Å². The van der Waals surface area contributed by atoms with E-state index in [1.165, 1.54) is 0 Å². The standard InChI is InChI=1S/C11H9F2N3O2/c12-8(13)5-14-9-6-3-1-2-4-7(6)15-16-10(9)11(17)18/h1-4,8H,5H2,(H,14,15)(H,17,18). The molecule has 0 bridgehead atoms. The van der Waals surface area contributed by atoms with Crippen molar-refractivity contribution in [3.8, 4) is 0 Å². The first-order valence-electron chi connectivity index (χ1n) is 5.10. The summed E-state index contributed by atoms with van der Waals surface area (Å²) in [6.45, 7) is -0.643. The van der Waals surface area contributed by atoms with E-state index in [1.54, 1.807) is 24.3 Å². The van der Waals surface area contributed by atoms with Crippen LogP contribution in [-0.2, 0) is 0 Å². The first kappa shape index (κ1) is 12.2. The van der Waals surface area contributed by atoms with E-state index in [1.807, 2.05) is 0 Å². The fourth-order valence-electron chi connectivity index (χ4n) is 1.56. The second-order valence-corrected chi connectivity index (χ2v) is 3.52. The van der Waals surface area contributed by atoms with Crippen molar-refractivity contribution in [2.24, 2.45) is 0 Å². The van der Waals surface area contributed by atoms with Crippen LogP contribution in [0.1, 0.15) is 10.5 Å². The first-order valence-corrected chi connectivity index (χ1v) is 5.10. The lowest BCUT2D eigenvalue weighted by Gasteiger charge is -2.10. The Morgan fingerprint density at radius 2 is 2.06 bits per heavy atom. The van der Waals surface area contributed by atoms with Gasteiger partial charge in [-0.2, -0.15) is 0 Å². The zero-order valence-corrected chi connectivity index (χ0v) is 9.10. The number of rotatable bonds is 4. The van der Waals surface area contributed by atoms with Gasteiger partial charge in [-0.05, 0) is 6.07 Å². The molecular weight excluding hydrogens is 244 g/mol. The van der Waals surface area contributed by atoms with Gasteiger partial charge in [0.05, 0.1) is 17.7 Å². The number of aromatic nitrogens is 2. The summed E-state index contributed by atoms with van der Waals surface area (Å²) in [5.41, 5.74) is 0.141. The maximum atomic E-state index is 12.2. The summed E-state index contributed by atoms with van der Waals surface area (Å²) in [6.07, 6.45) is -2.58. The molecule has 0 aliphatic heterocycles. The lowest BCUT2D eigenvalue weighted by Crippen LogP contribution is -2.15. The Morgan fingerprint density at radius 1 is 1.33 bits per heavy atom. The summed E-state index contributed by atoms with van der Waals surface area (Å²) >= 11 is 0. The molecule has 0 fully saturated rings. The van der Waals surface area contributed by atoms with Crippen LogP contribution in [0, 0.1) is 0 Å². The van der Waals surface area contributed by atoms with Crippen molar-refractivity contribution in [2.75, 3.05) is 11.9 Å². The van der Waals surface area contributed by atoms with Crippen molar-refractivity contribution >= 4 is 22.6 Å². The lowest BCUT2D eigenvalue weighted by molar-refractivity contribution is 0.0690. The molecule has 2 rings (SSSR count). The molecule has 94 valence electrons. The third-order valence-electron chi connectivity index (χ3n) is 2.30. The second kappa shape index (κ2) is 4.91. The largest absolute Gasteiger partial charge is 0.476 e. The summed E-state index contributed by atoms with van der Waals surface area (Å²) in [5.74, 6) is -1.31. The van der Waals surface area contributed by atoms with E-state index >= 15 is 0 Å². The van der Waals surface area contributed by atoms with E-state index in [0.29, 0.717) is 10.9 Å². The molecule has 0 amide bonds. The van der Waals surface area contributed by atoms with Crippen molar-refractivity contribution in [2.45, 2.75) is 6.43 Å². The van der Waals surface area contributed by atoms with Crippen LogP contribution in [0.5, 0.6) is 0 Å².